The van der Waals surface area contributed by atoms with Crippen LogP contribution in [0.4, 0.5) is 0 Å². The van der Waals surface area contributed by atoms with Crippen LogP contribution >= 0.6 is 12.2 Å². The normalized spacial score (nSPS) is 19.5. The summed E-state index contributed by atoms with van der Waals surface area (Å²) in [5.41, 5.74) is 3.62. The Bertz CT molecular complexity index is 719. The number of hydrogen-bond acceptors (Lipinski definition) is 3. The molecule has 1 fully saturated rings. The Morgan fingerprint density at radius 1 is 1.27 bits per heavy atom. The molecule has 1 aromatic carbocycles. The quantitative estimate of drug-likeness (QED) is 0.884. The number of rotatable bonds is 3. The number of aryl methyl sites for hydroxylation is 2. The average molecular weight is 317 g/mol. The summed E-state index contributed by atoms with van der Waals surface area (Å²) in [4.78, 5) is 2.26. The van der Waals surface area contributed by atoms with Crippen molar-refractivity contribution in [3.05, 3.63) is 46.5 Å². The van der Waals surface area contributed by atoms with Gasteiger partial charge in [-0.25, -0.2) is 0 Å². The summed E-state index contributed by atoms with van der Waals surface area (Å²) in [6.45, 7) is 6.71. The van der Waals surface area contributed by atoms with Gasteiger partial charge in [0.1, 0.15) is 0 Å². The van der Waals surface area contributed by atoms with Crippen LogP contribution in [0.2, 0.25) is 0 Å². The number of aromatic nitrogens is 2. The molecule has 1 aliphatic heterocycles. The first-order chi connectivity index (χ1) is 10.5. The summed E-state index contributed by atoms with van der Waals surface area (Å²) in [7, 11) is 0. The van der Waals surface area contributed by atoms with Crippen molar-refractivity contribution in [2.45, 2.75) is 39.5 Å². The predicted octanol–water partition coefficient (Wildman–Crippen LogP) is 3.04. The van der Waals surface area contributed by atoms with E-state index in [9.17, 15) is 5.11 Å². The van der Waals surface area contributed by atoms with E-state index in [4.69, 9.17) is 12.2 Å². The van der Waals surface area contributed by atoms with Crippen molar-refractivity contribution in [3.63, 3.8) is 0 Å². The first kappa shape index (κ1) is 15.5. The van der Waals surface area contributed by atoms with Gasteiger partial charge in [0.25, 0.3) is 0 Å². The Kier molecular flexibility index (Phi) is 4.47. The highest BCUT2D eigenvalue weighted by Crippen LogP contribution is 2.18. The minimum absolute atomic E-state index is 0.204. The Morgan fingerprint density at radius 3 is 2.82 bits per heavy atom. The third-order valence-corrected chi connectivity index (χ3v) is 4.72. The van der Waals surface area contributed by atoms with Gasteiger partial charge in [0, 0.05) is 25.5 Å². The van der Waals surface area contributed by atoms with Crippen molar-refractivity contribution in [2.75, 3.05) is 13.1 Å². The number of benzene rings is 1. The van der Waals surface area contributed by atoms with E-state index in [0.717, 1.165) is 43.1 Å². The molecular formula is C17H23N3OS. The maximum Gasteiger partial charge on any atom is 0.185 e. The van der Waals surface area contributed by atoms with Crippen molar-refractivity contribution in [3.8, 4) is 5.69 Å². The third kappa shape index (κ3) is 3.16. The topological polar surface area (TPSA) is 33.3 Å². The molecule has 2 heterocycles. The molecule has 5 heteroatoms. The van der Waals surface area contributed by atoms with Gasteiger partial charge in [0.05, 0.1) is 18.5 Å². The number of β-amino-alcohol motifs (C(OH)–C–C–N with tert-alkyl or cyclic N) is 1. The lowest BCUT2D eigenvalue weighted by molar-refractivity contribution is 0.0540. The van der Waals surface area contributed by atoms with Gasteiger partial charge < -0.3 is 9.67 Å². The van der Waals surface area contributed by atoms with Crippen LogP contribution in [-0.2, 0) is 6.67 Å². The lowest BCUT2D eigenvalue weighted by Gasteiger charge is -2.30. The standard InChI is InChI=1S/C17H23N3OS/c1-13-5-6-16(14(2)10-13)20-9-8-19(17(20)22)12-18-7-3-4-15(21)11-18/h5-6,8-10,15,21H,3-4,7,11-12H2,1-2H3/t15-/m0/s1. The fraction of sp³-hybridized carbons (Fsp3) is 0.471. The fourth-order valence-electron chi connectivity index (χ4n) is 3.15. The van der Waals surface area contributed by atoms with Crippen molar-refractivity contribution >= 4 is 12.2 Å². The maximum absolute atomic E-state index is 9.79. The van der Waals surface area contributed by atoms with Crippen LogP contribution in [0.15, 0.2) is 30.6 Å². The zero-order valence-electron chi connectivity index (χ0n) is 13.2. The molecule has 1 atom stereocenters. The molecule has 118 valence electrons. The first-order valence-corrected chi connectivity index (χ1v) is 8.21. The van der Waals surface area contributed by atoms with Gasteiger partial charge in [-0.3, -0.25) is 9.47 Å². The molecule has 0 bridgehead atoms. The van der Waals surface area contributed by atoms with Gasteiger partial charge in [0.15, 0.2) is 4.77 Å². The van der Waals surface area contributed by atoms with Gasteiger partial charge in [-0.2, -0.15) is 0 Å². The van der Waals surface area contributed by atoms with Crippen LogP contribution in [0.1, 0.15) is 24.0 Å². The molecule has 1 N–H and O–H groups in total. The molecule has 3 rings (SSSR count). The summed E-state index contributed by atoms with van der Waals surface area (Å²) in [6.07, 6.45) is 5.81. The van der Waals surface area contributed by atoms with Crippen LogP contribution in [0.3, 0.4) is 0 Å². The van der Waals surface area contributed by atoms with Crippen LogP contribution in [0.5, 0.6) is 0 Å². The lowest BCUT2D eigenvalue weighted by atomic mass is 10.1. The second kappa shape index (κ2) is 6.36. The predicted molar refractivity (Wildman–Crippen MR) is 90.9 cm³/mol. The fourth-order valence-corrected chi connectivity index (χ4v) is 3.43. The summed E-state index contributed by atoms with van der Waals surface area (Å²) in [5.74, 6) is 0. The summed E-state index contributed by atoms with van der Waals surface area (Å²) < 4.78 is 4.93. The molecule has 4 nitrogen and oxygen atoms in total. The highest BCUT2D eigenvalue weighted by atomic mass is 32.1. The van der Waals surface area contributed by atoms with Crippen molar-refractivity contribution < 1.29 is 5.11 Å². The van der Waals surface area contributed by atoms with E-state index in [2.05, 4.69) is 46.1 Å². The largest absolute Gasteiger partial charge is 0.392 e. The molecule has 1 aromatic heterocycles. The van der Waals surface area contributed by atoms with E-state index in [-0.39, 0.29) is 6.10 Å². The van der Waals surface area contributed by atoms with Crippen LogP contribution in [0.25, 0.3) is 5.69 Å². The van der Waals surface area contributed by atoms with Gasteiger partial charge in [-0.1, -0.05) is 17.7 Å². The van der Waals surface area contributed by atoms with Crippen LogP contribution < -0.4 is 0 Å². The van der Waals surface area contributed by atoms with Crippen LogP contribution in [-0.4, -0.2) is 38.3 Å². The SMILES string of the molecule is Cc1ccc(-n2ccn(CN3CCC[C@H](O)C3)c2=S)c(C)c1. The number of hydrogen-bond donors (Lipinski definition) is 1. The van der Waals surface area contributed by atoms with Gasteiger partial charge in [0.2, 0.25) is 0 Å². The zero-order valence-corrected chi connectivity index (χ0v) is 14.0. The van der Waals surface area contributed by atoms with Crippen LogP contribution in [0, 0.1) is 18.6 Å². The molecule has 0 amide bonds. The van der Waals surface area contributed by atoms with E-state index in [1.807, 2.05) is 12.4 Å². The van der Waals surface area contributed by atoms with E-state index >= 15 is 0 Å². The Hall–Kier alpha value is -1.43. The first-order valence-electron chi connectivity index (χ1n) is 7.80. The Labute approximate surface area is 136 Å². The van der Waals surface area contributed by atoms with Gasteiger partial charge in [-0.15, -0.1) is 0 Å². The third-order valence-electron chi connectivity index (χ3n) is 4.29. The minimum Gasteiger partial charge on any atom is -0.392 e. The van der Waals surface area contributed by atoms with E-state index in [1.165, 1.54) is 11.1 Å². The molecule has 0 unspecified atom stereocenters. The molecule has 0 radical (unpaired) electrons. The van der Waals surface area contributed by atoms with E-state index in [0.29, 0.717) is 0 Å². The van der Waals surface area contributed by atoms with Gasteiger partial charge in [-0.05, 0) is 50.5 Å². The van der Waals surface area contributed by atoms with E-state index < -0.39 is 0 Å². The number of nitrogens with zero attached hydrogens (tertiary/aromatic N) is 3. The number of aliphatic hydroxyl groups is 1. The summed E-state index contributed by atoms with van der Waals surface area (Å²) >= 11 is 5.63. The Morgan fingerprint density at radius 2 is 2.09 bits per heavy atom. The summed E-state index contributed by atoms with van der Waals surface area (Å²) in [6, 6.07) is 6.41. The second-order valence-corrected chi connectivity index (χ2v) is 6.59. The highest BCUT2D eigenvalue weighted by Gasteiger charge is 2.18. The summed E-state index contributed by atoms with van der Waals surface area (Å²) in [5, 5.41) is 9.79. The maximum atomic E-state index is 9.79. The number of likely N-dealkylation sites (tertiary alicyclic amines) is 1. The van der Waals surface area contributed by atoms with Crippen molar-refractivity contribution in [2.24, 2.45) is 0 Å². The molecule has 0 spiro atoms. The smallest absolute Gasteiger partial charge is 0.185 e. The van der Waals surface area contributed by atoms with Crippen molar-refractivity contribution in [1.82, 2.24) is 14.0 Å². The van der Waals surface area contributed by atoms with Crippen molar-refractivity contribution in [1.29, 1.82) is 0 Å². The van der Waals surface area contributed by atoms with Gasteiger partial charge >= 0.3 is 0 Å². The number of imidazole rings is 1. The molecule has 1 saturated heterocycles. The molecule has 2 aromatic rings. The molecular weight excluding hydrogens is 294 g/mol. The molecule has 0 aliphatic carbocycles. The lowest BCUT2D eigenvalue weighted by Crippen LogP contribution is -2.39. The Balaban J connectivity index is 1.84. The second-order valence-electron chi connectivity index (χ2n) is 6.22. The molecule has 0 saturated carbocycles. The van der Waals surface area contributed by atoms with E-state index in [1.54, 1.807) is 0 Å². The minimum atomic E-state index is -0.204. The highest BCUT2D eigenvalue weighted by molar-refractivity contribution is 7.71. The molecule has 1 aliphatic rings. The monoisotopic (exact) mass is 317 g/mol. The number of piperidine rings is 1. The zero-order chi connectivity index (χ0) is 15.7. The molecule has 22 heavy (non-hydrogen) atoms. The average Bonchev–Trinajstić information content (AvgIpc) is 2.81. The number of aliphatic hydroxyl groups excluding tert-OH is 1.